The fourth-order valence-electron chi connectivity index (χ4n) is 2.52. The number of H-pyrrole nitrogens is 1. The van der Waals surface area contributed by atoms with Gasteiger partial charge in [-0.15, -0.1) is 0 Å². The van der Waals surface area contributed by atoms with E-state index in [1.54, 1.807) is 0 Å². The van der Waals surface area contributed by atoms with Gasteiger partial charge < -0.3 is 4.98 Å². The van der Waals surface area contributed by atoms with E-state index in [9.17, 15) is 31.2 Å². The first-order valence-corrected chi connectivity index (χ1v) is 10.4. The van der Waals surface area contributed by atoms with Crippen LogP contribution < -0.4 is 10.3 Å². The molecule has 2 N–H and O–H groups in total. The normalized spacial score (nSPS) is 11.9. The van der Waals surface area contributed by atoms with E-state index in [1.165, 1.54) is 18.3 Å². The maximum atomic E-state index is 13.1. The van der Waals surface area contributed by atoms with Crippen LogP contribution in [-0.2, 0) is 16.2 Å². The number of carbonyl (C=O) groups excluding carboxylic acids is 1. The second-order valence-corrected chi connectivity index (χ2v) is 8.56. The van der Waals surface area contributed by atoms with Gasteiger partial charge in [0.15, 0.2) is 0 Å². The topological polar surface area (TPSA) is 109 Å². The number of carbonyl (C=O) groups is 1. The average Bonchev–Trinajstić information content (AvgIpc) is 2.67. The number of hydrogen-bond acceptors (Lipinski definition) is 5. The first-order valence-electron chi connectivity index (χ1n) is 8.17. The average molecular weight is 492 g/mol. The Labute approximate surface area is 182 Å². The molecule has 0 aliphatic heterocycles. The summed E-state index contributed by atoms with van der Waals surface area (Å²) < 4.78 is 66.7. The monoisotopic (exact) mass is 491 g/mol. The fraction of sp³-hybridized carbons (Fsp3) is 0.0556. The summed E-state index contributed by atoms with van der Waals surface area (Å²) in [5.74, 6) is -0.927. The number of pyridine rings is 2. The smallest absolute Gasteiger partial charge is 0.328 e. The van der Waals surface area contributed by atoms with E-state index in [-0.39, 0.29) is 10.6 Å². The summed E-state index contributed by atoms with van der Waals surface area (Å²) >= 11 is 11.4. The first kappa shape index (κ1) is 22.8. The molecular formula is C18H10Cl2F3N3O4S. The minimum Gasteiger partial charge on any atom is -0.328 e. The minimum absolute atomic E-state index is 0.0664. The van der Waals surface area contributed by atoms with Crippen LogP contribution in [-0.4, -0.2) is 24.2 Å². The van der Waals surface area contributed by atoms with Gasteiger partial charge >= 0.3 is 6.18 Å². The zero-order valence-electron chi connectivity index (χ0n) is 15.0. The van der Waals surface area contributed by atoms with E-state index in [1.807, 2.05) is 4.72 Å². The lowest BCUT2D eigenvalue weighted by atomic mass is 10.1. The fourth-order valence-corrected chi connectivity index (χ4v) is 3.98. The van der Waals surface area contributed by atoms with Crippen LogP contribution in [0.25, 0.3) is 0 Å². The molecule has 0 saturated heterocycles. The van der Waals surface area contributed by atoms with Gasteiger partial charge in [-0.3, -0.25) is 14.3 Å². The number of benzene rings is 1. The number of halogens is 5. The molecule has 3 rings (SSSR count). The predicted molar refractivity (Wildman–Crippen MR) is 107 cm³/mol. The highest BCUT2D eigenvalue weighted by atomic mass is 35.5. The molecule has 0 saturated carbocycles. The number of alkyl halides is 3. The Morgan fingerprint density at radius 2 is 1.84 bits per heavy atom. The number of sulfonamides is 1. The Kier molecular flexibility index (Phi) is 6.12. The largest absolute Gasteiger partial charge is 0.417 e. The molecule has 0 radical (unpaired) electrons. The van der Waals surface area contributed by atoms with Gasteiger partial charge in [0.1, 0.15) is 5.69 Å². The molecule has 2 aromatic heterocycles. The molecule has 0 aliphatic carbocycles. The number of ketones is 1. The molecule has 13 heteroatoms. The van der Waals surface area contributed by atoms with Crippen molar-refractivity contribution in [2.45, 2.75) is 11.1 Å². The lowest BCUT2D eigenvalue weighted by Gasteiger charge is -2.14. The van der Waals surface area contributed by atoms with Crippen molar-refractivity contribution in [3.05, 3.63) is 86.0 Å². The van der Waals surface area contributed by atoms with Gasteiger partial charge in [-0.2, -0.15) is 13.2 Å². The van der Waals surface area contributed by atoms with Crippen LogP contribution in [0.4, 0.5) is 18.9 Å². The molecule has 7 nitrogen and oxygen atoms in total. The van der Waals surface area contributed by atoms with Gasteiger partial charge in [0.25, 0.3) is 15.6 Å². The number of aromatic amines is 1. The van der Waals surface area contributed by atoms with Crippen LogP contribution >= 0.6 is 23.2 Å². The van der Waals surface area contributed by atoms with Crippen LogP contribution in [0, 0.1) is 0 Å². The van der Waals surface area contributed by atoms with E-state index in [2.05, 4.69) is 9.97 Å². The van der Waals surface area contributed by atoms with Crippen LogP contribution in [0.1, 0.15) is 21.6 Å². The van der Waals surface area contributed by atoms with E-state index in [4.69, 9.17) is 23.2 Å². The van der Waals surface area contributed by atoms with Crippen molar-refractivity contribution < 1.29 is 26.4 Å². The van der Waals surface area contributed by atoms with Gasteiger partial charge in [-0.05, 0) is 36.4 Å². The number of hydrogen-bond donors (Lipinski definition) is 2. The molecule has 0 bridgehead atoms. The van der Waals surface area contributed by atoms with Crippen molar-refractivity contribution in [1.29, 1.82) is 0 Å². The summed E-state index contributed by atoms with van der Waals surface area (Å²) in [5.41, 5.74) is -3.33. The summed E-state index contributed by atoms with van der Waals surface area (Å²) in [7, 11) is -4.62. The standard InChI is InChI=1S/C18H10Cl2F3N3O4S/c19-9-6-14(15(25-8-9)16(27)11-2-1-5-24-17(11)28)26-31(29,30)10-3-4-13(20)12(7-10)18(21,22)23/h1-8,26H,(H,24,28). The van der Waals surface area contributed by atoms with Gasteiger partial charge in [0, 0.05) is 12.4 Å². The van der Waals surface area contributed by atoms with Crippen LogP contribution in [0.3, 0.4) is 0 Å². The number of aromatic nitrogens is 2. The number of nitrogens with zero attached hydrogens (tertiary/aromatic N) is 1. The quantitative estimate of drug-likeness (QED) is 0.521. The van der Waals surface area contributed by atoms with Crippen LogP contribution in [0.5, 0.6) is 0 Å². The molecule has 3 aromatic rings. The van der Waals surface area contributed by atoms with Crippen molar-refractivity contribution in [3.63, 3.8) is 0 Å². The maximum Gasteiger partial charge on any atom is 0.417 e. The zero-order chi connectivity index (χ0) is 23.0. The molecular weight excluding hydrogens is 482 g/mol. The van der Waals surface area contributed by atoms with Crippen molar-refractivity contribution in [3.8, 4) is 0 Å². The Morgan fingerprint density at radius 3 is 2.48 bits per heavy atom. The van der Waals surface area contributed by atoms with Crippen molar-refractivity contribution in [1.82, 2.24) is 9.97 Å². The summed E-state index contributed by atoms with van der Waals surface area (Å²) in [5, 5.41) is -0.752. The Bertz CT molecular complexity index is 1340. The highest BCUT2D eigenvalue weighted by Crippen LogP contribution is 2.36. The number of rotatable bonds is 5. The minimum atomic E-state index is -4.89. The molecule has 0 spiro atoms. The highest BCUT2D eigenvalue weighted by molar-refractivity contribution is 7.92. The third kappa shape index (κ3) is 4.89. The second-order valence-electron chi connectivity index (χ2n) is 6.04. The lowest BCUT2D eigenvalue weighted by Crippen LogP contribution is -2.21. The molecule has 1 aromatic carbocycles. The maximum absolute atomic E-state index is 13.1. The second kappa shape index (κ2) is 8.33. The van der Waals surface area contributed by atoms with Gasteiger partial charge in [-0.25, -0.2) is 13.4 Å². The number of nitrogens with one attached hydrogen (secondary N) is 2. The Hall–Kier alpha value is -2.89. The third-order valence-electron chi connectivity index (χ3n) is 3.93. The van der Waals surface area contributed by atoms with Crippen molar-refractivity contribution in [2.24, 2.45) is 0 Å². The lowest BCUT2D eigenvalue weighted by molar-refractivity contribution is -0.137. The molecule has 0 aliphatic rings. The molecule has 2 heterocycles. The van der Waals surface area contributed by atoms with Gasteiger partial charge in [0.05, 0.1) is 31.8 Å². The molecule has 162 valence electrons. The van der Waals surface area contributed by atoms with E-state index >= 15 is 0 Å². The van der Waals surface area contributed by atoms with Crippen LogP contribution in [0.15, 0.2) is 58.5 Å². The third-order valence-corrected chi connectivity index (χ3v) is 5.83. The SMILES string of the molecule is O=C(c1ncc(Cl)cc1NS(=O)(=O)c1ccc(Cl)c(C(F)(F)F)c1)c1ccc[nH]c1=O. The molecule has 31 heavy (non-hydrogen) atoms. The van der Waals surface area contributed by atoms with E-state index in [0.717, 1.165) is 24.4 Å². The summed E-state index contributed by atoms with van der Waals surface area (Å²) in [6.45, 7) is 0. The Morgan fingerprint density at radius 1 is 1.13 bits per heavy atom. The predicted octanol–water partition coefficient (Wildman–Crippen LogP) is 4.13. The van der Waals surface area contributed by atoms with Crippen molar-refractivity contribution in [2.75, 3.05) is 4.72 Å². The van der Waals surface area contributed by atoms with E-state index < -0.39 is 54.4 Å². The molecule has 0 amide bonds. The van der Waals surface area contributed by atoms with E-state index in [0.29, 0.717) is 6.07 Å². The summed E-state index contributed by atoms with van der Waals surface area (Å²) in [6, 6.07) is 5.61. The van der Waals surface area contributed by atoms with Gasteiger partial charge in [0.2, 0.25) is 5.78 Å². The zero-order valence-corrected chi connectivity index (χ0v) is 17.3. The Balaban J connectivity index is 2.07. The van der Waals surface area contributed by atoms with Crippen molar-refractivity contribution >= 4 is 44.7 Å². The molecule has 0 atom stereocenters. The number of anilines is 1. The van der Waals surface area contributed by atoms with Gasteiger partial charge in [-0.1, -0.05) is 23.2 Å². The molecule has 0 fully saturated rings. The highest BCUT2D eigenvalue weighted by Gasteiger charge is 2.34. The summed E-state index contributed by atoms with van der Waals surface area (Å²) in [4.78, 5) is 29.9. The first-order chi connectivity index (χ1) is 14.4. The van der Waals surface area contributed by atoms with Crippen LogP contribution in [0.2, 0.25) is 10.0 Å². The molecule has 0 unspecified atom stereocenters. The summed E-state index contributed by atoms with van der Waals surface area (Å²) in [6.07, 6.45) is -2.56.